The van der Waals surface area contributed by atoms with Crippen LogP contribution >= 0.6 is 0 Å². The maximum Gasteiger partial charge on any atom is 0.280 e. The van der Waals surface area contributed by atoms with E-state index >= 15 is 0 Å². The molecule has 0 unspecified atom stereocenters. The van der Waals surface area contributed by atoms with Gasteiger partial charge in [0.2, 0.25) is 5.90 Å². The number of nitrogens with two attached hydrogens (primary N) is 1. The molecule has 0 aliphatic rings. The lowest BCUT2D eigenvalue weighted by atomic mass is 10.2. The molecule has 0 bridgehead atoms. The monoisotopic (exact) mass is 254 g/mol. The smallest absolute Gasteiger partial charge is 0.280 e. The molecule has 2 N–H and O–H groups in total. The molecule has 4 nitrogen and oxygen atoms in total. The van der Waals surface area contributed by atoms with E-state index in [4.69, 9.17) is 10.5 Å². The van der Waals surface area contributed by atoms with Gasteiger partial charge in [-0.2, -0.15) is 4.99 Å². The van der Waals surface area contributed by atoms with Gasteiger partial charge in [-0.05, 0) is 30.3 Å². The Balaban J connectivity index is 2.31. The molecule has 0 fully saturated rings. The van der Waals surface area contributed by atoms with E-state index in [2.05, 4.69) is 4.99 Å². The zero-order valence-electron chi connectivity index (χ0n) is 10.5. The van der Waals surface area contributed by atoms with E-state index in [1.54, 1.807) is 24.3 Å². The number of hydrogen-bond acceptors (Lipinski definition) is 3. The molecule has 0 radical (unpaired) electrons. The number of anilines is 1. The molecule has 1 amide bonds. The van der Waals surface area contributed by atoms with Crippen LogP contribution in [-0.2, 0) is 4.74 Å². The minimum absolute atomic E-state index is 0.285. The molecule has 0 aliphatic heterocycles. The Morgan fingerprint density at radius 3 is 2.37 bits per heavy atom. The fourth-order valence-electron chi connectivity index (χ4n) is 1.64. The van der Waals surface area contributed by atoms with Gasteiger partial charge < -0.3 is 10.5 Å². The Hall–Kier alpha value is -2.62. The summed E-state index contributed by atoms with van der Waals surface area (Å²) in [4.78, 5) is 16.0. The topological polar surface area (TPSA) is 64.7 Å². The van der Waals surface area contributed by atoms with Gasteiger partial charge in [0.05, 0.1) is 7.11 Å². The number of rotatable bonds is 2. The Kier molecular flexibility index (Phi) is 3.93. The van der Waals surface area contributed by atoms with Crippen molar-refractivity contribution in [1.82, 2.24) is 0 Å². The number of aliphatic imine (C=N–C) groups is 1. The second-order valence-corrected chi connectivity index (χ2v) is 3.92. The molecule has 0 spiro atoms. The molecule has 0 saturated heterocycles. The van der Waals surface area contributed by atoms with Gasteiger partial charge in [-0.25, -0.2) is 0 Å². The van der Waals surface area contributed by atoms with Gasteiger partial charge in [0.1, 0.15) is 0 Å². The van der Waals surface area contributed by atoms with Gasteiger partial charge in [-0.1, -0.05) is 24.3 Å². The minimum Gasteiger partial charge on any atom is -0.480 e. The number of ether oxygens (including phenoxy) is 1. The van der Waals surface area contributed by atoms with Crippen LogP contribution in [0, 0.1) is 0 Å². The molecular formula is C15H14N2O2. The SMILES string of the molecule is COC(=NC(=O)c1cccc(N)c1)c1ccccc1. The first-order valence-electron chi connectivity index (χ1n) is 5.78. The van der Waals surface area contributed by atoms with Crippen LogP contribution in [0.3, 0.4) is 0 Å². The quantitative estimate of drug-likeness (QED) is 0.508. The molecule has 0 aromatic heterocycles. The van der Waals surface area contributed by atoms with Crippen molar-refractivity contribution in [2.24, 2.45) is 4.99 Å². The number of hydrogen-bond donors (Lipinski definition) is 1. The molecule has 19 heavy (non-hydrogen) atoms. The predicted octanol–water partition coefficient (Wildman–Crippen LogP) is 2.50. The van der Waals surface area contributed by atoms with Crippen LogP contribution in [0.5, 0.6) is 0 Å². The molecule has 96 valence electrons. The highest BCUT2D eigenvalue weighted by atomic mass is 16.5. The van der Waals surface area contributed by atoms with Gasteiger partial charge >= 0.3 is 0 Å². The minimum atomic E-state index is -0.381. The van der Waals surface area contributed by atoms with Crippen LogP contribution in [0.25, 0.3) is 0 Å². The Labute approximate surface area is 111 Å². The van der Waals surface area contributed by atoms with E-state index in [1.165, 1.54) is 7.11 Å². The van der Waals surface area contributed by atoms with Crippen molar-refractivity contribution in [3.63, 3.8) is 0 Å². The molecular weight excluding hydrogens is 240 g/mol. The lowest BCUT2D eigenvalue weighted by Gasteiger charge is -2.04. The number of amides is 1. The zero-order valence-corrected chi connectivity index (χ0v) is 10.5. The van der Waals surface area contributed by atoms with Crippen molar-refractivity contribution in [1.29, 1.82) is 0 Å². The van der Waals surface area contributed by atoms with E-state index in [0.717, 1.165) is 5.56 Å². The zero-order chi connectivity index (χ0) is 13.7. The maximum absolute atomic E-state index is 12.0. The standard InChI is InChI=1S/C15H14N2O2/c1-19-15(11-6-3-2-4-7-11)17-14(18)12-8-5-9-13(16)10-12/h2-10H,16H2,1H3. The maximum atomic E-state index is 12.0. The van der Waals surface area contributed by atoms with Crippen LogP contribution in [0.2, 0.25) is 0 Å². The highest BCUT2D eigenvalue weighted by Gasteiger charge is 2.09. The molecule has 2 rings (SSSR count). The van der Waals surface area contributed by atoms with Gasteiger partial charge in [0, 0.05) is 16.8 Å². The summed E-state index contributed by atoms with van der Waals surface area (Å²) < 4.78 is 5.16. The average Bonchev–Trinajstić information content (AvgIpc) is 2.45. The lowest BCUT2D eigenvalue weighted by Crippen LogP contribution is -2.08. The van der Waals surface area contributed by atoms with Crippen molar-refractivity contribution in [3.8, 4) is 0 Å². The summed E-state index contributed by atoms with van der Waals surface area (Å²) in [5, 5.41) is 0. The lowest BCUT2D eigenvalue weighted by molar-refractivity contribution is 0.1000. The Morgan fingerprint density at radius 1 is 1.05 bits per heavy atom. The molecule has 0 heterocycles. The molecule has 4 heteroatoms. The summed E-state index contributed by atoms with van der Waals surface area (Å²) in [5.41, 5.74) is 7.35. The molecule has 2 aromatic carbocycles. The summed E-state index contributed by atoms with van der Waals surface area (Å²) in [6.07, 6.45) is 0. The highest BCUT2D eigenvalue weighted by Crippen LogP contribution is 2.09. The first-order chi connectivity index (χ1) is 9.20. The normalized spacial score (nSPS) is 11.1. The summed E-state index contributed by atoms with van der Waals surface area (Å²) in [6, 6.07) is 15.9. The summed E-state index contributed by atoms with van der Waals surface area (Å²) in [6.45, 7) is 0. The van der Waals surface area contributed by atoms with Crippen molar-refractivity contribution in [2.45, 2.75) is 0 Å². The predicted molar refractivity (Wildman–Crippen MR) is 75.2 cm³/mol. The van der Waals surface area contributed by atoms with Crippen LogP contribution in [0.4, 0.5) is 5.69 Å². The summed E-state index contributed by atoms with van der Waals surface area (Å²) in [7, 11) is 1.48. The largest absolute Gasteiger partial charge is 0.480 e. The fourth-order valence-corrected chi connectivity index (χ4v) is 1.64. The third-order valence-corrected chi connectivity index (χ3v) is 2.55. The van der Waals surface area contributed by atoms with E-state index in [9.17, 15) is 4.79 Å². The Bertz CT molecular complexity index is 607. The third-order valence-electron chi connectivity index (χ3n) is 2.55. The van der Waals surface area contributed by atoms with Crippen LogP contribution in [0.1, 0.15) is 15.9 Å². The third kappa shape index (κ3) is 3.19. The van der Waals surface area contributed by atoms with Gasteiger partial charge in [-0.15, -0.1) is 0 Å². The summed E-state index contributed by atoms with van der Waals surface area (Å²) in [5.74, 6) is -0.0963. The molecule has 0 saturated carbocycles. The van der Waals surface area contributed by atoms with Crippen LogP contribution < -0.4 is 5.73 Å². The number of benzene rings is 2. The first-order valence-corrected chi connectivity index (χ1v) is 5.78. The molecule has 2 aromatic rings. The van der Waals surface area contributed by atoms with Crippen LogP contribution in [-0.4, -0.2) is 18.9 Å². The van der Waals surface area contributed by atoms with E-state index in [1.807, 2.05) is 30.3 Å². The van der Waals surface area contributed by atoms with Gasteiger partial charge in [0.25, 0.3) is 5.91 Å². The van der Waals surface area contributed by atoms with Crippen LogP contribution in [0.15, 0.2) is 59.6 Å². The van der Waals surface area contributed by atoms with Crippen molar-refractivity contribution >= 4 is 17.5 Å². The average molecular weight is 254 g/mol. The van der Waals surface area contributed by atoms with Crippen molar-refractivity contribution < 1.29 is 9.53 Å². The van der Waals surface area contributed by atoms with Gasteiger partial charge in [0.15, 0.2) is 0 Å². The number of carbonyl (C=O) groups excluding carboxylic acids is 1. The molecule has 0 atom stereocenters. The fraction of sp³-hybridized carbons (Fsp3) is 0.0667. The highest BCUT2D eigenvalue weighted by molar-refractivity contribution is 6.07. The second kappa shape index (κ2) is 5.82. The van der Waals surface area contributed by atoms with Gasteiger partial charge in [-0.3, -0.25) is 4.79 Å². The van der Waals surface area contributed by atoms with E-state index in [-0.39, 0.29) is 11.8 Å². The summed E-state index contributed by atoms with van der Waals surface area (Å²) >= 11 is 0. The number of nitrogen functional groups attached to an aromatic ring is 1. The van der Waals surface area contributed by atoms with E-state index < -0.39 is 0 Å². The first kappa shape index (κ1) is 12.8. The van der Waals surface area contributed by atoms with Crippen molar-refractivity contribution in [2.75, 3.05) is 12.8 Å². The number of nitrogens with zero attached hydrogens (tertiary/aromatic N) is 1. The number of methoxy groups -OCH3 is 1. The second-order valence-electron chi connectivity index (χ2n) is 3.92. The Morgan fingerprint density at radius 2 is 1.74 bits per heavy atom. The van der Waals surface area contributed by atoms with E-state index in [0.29, 0.717) is 11.3 Å². The number of carbonyl (C=O) groups is 1. The molecule has 0 aliphatic carbocycles. The van der Waals surface area contributed by atoms with Crippen molar-refractivity contribution in [3.05, 3.63) is 65.7 Å².